The summed E-state index contributed by atoms with van der Waals surface area (Å²) in [7, 11) is -0.467. The number of phenolic OH excluding ortho intramolecular Hbond substituents is 1. The van der Waals surface area contributed by atoms with Crippen LogP contribution >= 0.6 is 15.9 Å². The van der Waals surface area contributed by atoms with E-state index in [1.807, 2.05) is 6.07 Å². The number of hydrogen-bond donors (Lipinski definition) is 1. The first kappa shape index (κ1) is 12.0. The Morgan fingerprint density at radius 2 is 1.94 bits per heavy atom. The SMILES string of the molecule is CC1(C)COB(c2cc(Br)ccc2O)OC1. The molecule has 5 heteroatoms. The fraction of sp³-hybridized carbons (Fsp3) is 0.455. The van der Waals surface area contributed by atoms with Crippen LogP contribution in [0.3, 0.4) is 0 Å². The van der Waals surface area contributed by atoms with Crippen LogP contribution in [0.4, 0.5) is 0 Å². The van der Waals surface area contributed by atoms with Crippen LogP contribution in [-0.2, 0) is 9.31 Å². The van der Waals surface area contributed by atoms with Gasteiger partial charge in [0.1, 0.15) is 5.75 Å². The van der Waals surface area contributed by atoms with Gasteiger partial charge in [-0.05, 0) is 18.2 Å². The third-order valence-electron chi connectivity index (χ3n) is 2.49. The topological polar surface area (TPSA) is 38.7 Å². The van der Waals surface area contributed by atoms with Gasteiger partial charge >= 0.3 is 7.12 Å². The largest absolute Gasteiger partial charge is 0.508 e. The van der Waals surface area contributed by atoms with E-state index in [-0.39, 0.29) is 11.2 Å². The number of halogens is 1. The molecule has 1 aliphatic heterocycles. The lowest BCUT2D eigenvalue weighted by atomic mass is 9.75. The molecule has 0 spiro atoms. The molecule has 1 heterocycles. The van der Waals surface area contributed by atoms with Crippen LogP contribution in [0.1, 0.15) is 13.8 Å². The van der Waals surface area contributed by atoms with Crippen molar-refractivity contribution in [2.75, 3.05) is 13.2 Å². The smallest absolute Gasteiger partial charge is 0.497 e. The lowest BCUT2D eigenvalue weighted by Gasteiger charge is -2.33. The average molecular weight is 285 g/mol. The van der Waals surface area contributed by atoms with Crippen molar-refractivity contribution >= 4 is 28.5 Å². The minimum atomic E-state index is -0.467. The van der Waals surface area contributed by atoms with Crippen molar-refractivity contribution in [2.45, 2.75) is 13.8 Å². The van der Waals surface area contributed by atoms with Gasteiger partial charge in [-0.1, -0.05) is 29.8 Å². The summed E-state index contributed by atoms with van der Waals surface area (Å²) in [6.45, 7) is 5.43. The van der Waals surface area contributed by atoms with E-state index >= 15 is 0 Å². The second-order valence-corrected chi connectivity index (χ2v) is 5.74. The fourth-order valence-corrected chi connectivity index (χ4v) is 1.96. The molecule has 1 saturated heterocycles. The molecule has 0 atom stereocenters. The standard InChI is InChI=1S/C11H14BBrO3/c1-11(2)6-15-12(16-7-11)9-5-8(13)3-4-10(9)14/h3-5,14H,6-7H2,1-2H3. The van der Waals surface area contributed by atoms with Crippen LogP contribution < -0.4 is 5.46 Å². The zero-order valence-corrected chi connectivity index (χ0v) is 11.0. The van der Waals surface area contributed by atoms with Crippen LogP contribution in [0.5, 0.6) is 5.75 Å². The Bertz CT molecular complexity index is 385. The van der Waals surface area contributed by atoms with E-state index in [2.05, 4.69) is 29.8 Å². The summed E-state index contributed by atoms with van der Waals surface area (Å²) >= 11 is 3.36. The molecule has 0 bridgehead atoms. The van der Waals surface area contributed by atoms with Crippen molar-refractivity contribution in [2.24, 2.45) is 5.41 Å². The van der Waals surface area contributed by atoms with Gasteiger partial charge < -0.3 is 14.4 Å². The van der Waals surface area contributed by atoms with E-state index < -0.39 is 7.12 Å². The fourth-order valence-electron chi connectivity index (χ4n) is 1.59. The Hall–Kier alpha value is -0.515. The highest BCUT2D eigenvalue weighted by molar-refractivity contribution is 9.10. The van der Waals surface area contributed by atoms with Gasteiger partial charge in [-0.2, -0.15) is 0 Å². The van der Waals surface area contributed by atoms with E-state index in [9.17, 15) is 5.11 Å². The van der Waals surface area contributed by atoms with Gasteiger partial charge in [-0.15, -0.1) is 0 Å². The van der Waals surface area contributed by atoms with Crippen LogP contribution in [0, 0.1) is 5.41 Å². The van der Waals surface area contributed by atoms with Crippen molar-refractivity contribution < 1.29 is 14.4 Å². The summed E-state index contributed by atoms with van der Waals surface area (Å²) in [4.78, 5) is 0. The summed E-state index contributed by atoms with van der Waals surface area (Å²) in [5.74, 6) is 0.202. The Morgan fingerprint density at radius 1 is 1.31 bits per heavy atom. The predicted molar refractivity (Wildman–Crippen MR) is 66.9 cm³/mol. The van der Waals surface area contributed by atoms with E-state index in [0.29, 0.717) is 18.7 Å². The Balaban J connectivity index is 2.17. The summed E-state index contributed by atoms with van der Waals surface area (Å²) in [6.07, 6.45) is 0. The van der Waals surface area contributed by atoms with Crippen molar-refractivity contribution in [3.05, 3.63) is 22.7 Å². The van der Waals surface area contributed by atoms with Crippen molar-refractivity contribution in [1.29, 1.82) is 0 Å². The highest BCUT2D eigenvalue weighted by Crippen LogP contribution is 2.23. The minimum absolute atomic E-state index is 0.0398. The molecule has 0 unspecified atom stereocenters. The first-order chi connectivity index (χ1) is 7.48. The molecule has 16 heavy (non-hydrogen) atoms. The number of hydrogen-bond acceptors (Lipinski definition) is 3. The first-order valence-corrected chi connectivity index (χ1v) is 5.99. The van der Waals surface area contributed by atoms with Gasteiger partial charge in [0, 0.05) is 28.6 Å². The molecule has 1 aromatic carbocycles. The van der Waals surface area contributed by atoms with Crippen molar-refractivity contribution in [3.63, 3.8) is 0 Å². The summed E-state index contributed by atoms with van der Waals surface area (Å²) in [5.41, 5.74) is 0.711. The van der Waals surface area contributed by atoms with E-state index in [4.69, 9.17) is 9.31 Å². The molecule has 0 radical (unpaired) electrons. The molecule has 0 saturated carbocycles. The number of aromatic hydroxyl groups is 1. The van der Waals surface area contributed by atoms with Crippen molar-refractivity contribution in [3.8, 4) is 5.75 Å². The van der Waals surface area contributed by atoms with Crippen LogP contribution in [-0.4, -0.2) is 25.4 Å². The lowest BCUT2D eigenvalue weighted by molar-refractivity contribution is 0.0341. The molecule has 1 aliphatic rings. The highest BCUT2D eigenvalue weighted by atomic mass is 79.9. The normalized spacial score (nSPS) is 19.8. The van der Waals surface area contributed by atoms with Gasteiger partial charge in [-0.25, -0.2) is 0 Å². The summed E-state index contributed by atoms with van der Waals surface area (Å²) in [6, 6.07) is 5.23. The molecule has 0 amide bonds. The maximum atomic E-state index is 9.74. The highest BCUT2D eigenvalue weighted by Gasteiger charge is 2.34. The molecule has 3 nitrogen and oxygen atoms in total. The van der Waals surface area contributed by atoms with Gasteiger partial charge in [0.15, 0.2) is 0 Å². The molecule has 1 aromatic rings. The lowest BCUT2D eigenvalue weighted by Crippen LogP contribution is -2.47. The van der Waals surface area contributed by atoms with E-state index in [0.717, 1.165) is 4.47 Å². The molecular weight excluding hydrogens is 271 g/mol. The second-order valence-electron chi connectivity index (χ2n) is 4.82. The van der Waals surface area contributed by atoms with Gasteiger partial charge in [0.05, 0.1) is 0 Å². The average Bonchev–Trinajstić information content (AvgIpc) is 2.22. The molecule has 0 aliphatic carbocycles. The van der Waals surface area contributed by atoms with Crippen LogP contribution in [0.25, 0.3) is 0 Å². The zero-order chi connectivity index (χ0) is 11.8. The quantitative estimate of drug-likeness (QED) is 0.801. The maximum Gasteiger partial charge on any atom is 0.497 e. The van der Waals surface area contributed by atoms with Crippen molar-refractivity contribution in [1.82, 2.24) is 0 Å². The maximum absolute atomic E-state index is 9.74. The molecule has 1 N–H and O–H groups in total. The van der Waals surface area contributed by atoms with Crippen LogP contribution in [0.2, 0.25) is 0 Å². The molecular formula is C11H14BBrO3. The molecule has 86 valence electrons. The Morgan fingerprint density at radius 3 is 2.56 bits per heavy atom. The monoisotopic (exact) mass is 284 g/mol. The molecule has 2 rings (SSSR count). The molecule has 0 aromatic heterocycles. The first-order valence-electron chi connectivity index (χ1n) is 5.20. The van der Waals surface area contributed by atoms with E-state index in [1.54, 1.807) is 12.1 Å². The third kappa shape index (κ3) is 2.59. The van der Waals surface area contributed by atoms with Gasteiger partial charge in [0.2, 0.25) is 0 Å². The Labute approximate surface area is 104 Å². The third-order valence-corrected chi connectivity index (χ3v) is 2.99. The zero-order valence-electron chi connectivity index (χ0n) is 9.37. The summed E-state index contributed by atoms with van der Waals surface area (Å²) < 4.78 is 12.1. The second kappa shape index (κ2) is 4.39. The van der Waals surface area contributed by atoms with Gasteiger partial charge in [-0.3, -0.25) is 0 Å². The van der Waals surface area contributed by atoms with Gasteiger partial charge in [0.25, 0.3) is 0 Å². The number of benzene rings is 1. The number of rotatable bonds is 1. The Kier molecular flexibility index (Phi) is 3.28. The predicted octanol–water partition coefficient (Wildman–Crippen LogP) is 1.92. The molecule has 1 fully saturated rings. The minimum Gasteiger partial charge on any atom is -0.508 e. The number of phenols is 1. The van der Waals surface area contributed by atoms with E-state index in [1.165, 1.54) is 0 Å². The van der Waals surface area contributed by atoms with Crippen LogP contribution in [0.15, 0.2) is 22.7 Å². The summed E-state index contributed by atoms with van der Waals surface area (Å²) in [5, 5.41) is 9.74.